The van der Waals surface area contributed by atoms with Crippen LogP contribution in [0.5, 0.6) is 11.5 Å². The maximum Gasteiger partial charge on any atom is 0.141 e. The number of hydrogen-bond donors (Lipinski definition) is 0. The van der Waals surface area contributed by atoms with Crippen molar-refractivity contribution in [3.8, 4) is 11.5 Å². The van der Waals surface area contributed by atoms with Gasteiger partial charge in [-0.2, -0.15) is 0 Å². The molecule has 2 aromatic rings. The Labute approximate surface area is 116 Å². The van der Waals surface area contributed by atoms with Crippen molar-refractivity contribution < 1.29 is 13.5 Å². The second-order valence-electron chi connectivity index (χ2n) is 3.53. The average Bonchev–Trinajstić information content (AvgIpc) is 2.34. The van der Waals surface area contributed by atoms with Crippen LogP contribution in [-0.4, -0.2) is 0 Å². The topological polar surface area (TPSA) is 9.23 Å². The van der Waals surface area contributed by atoms with Gasteiger partial charge in [0.15, 0.2) is 0 Å². The Morgan fingerprint density at radius 1 is 1.11 bits per heavy atom. The van der Waals surface area contributed by atoms with E-state index in [9.17, 15) is 8.78 Å². The van der Waals surface area contributed by atoms with E-state index in [0.717, 1.165) is 0 Å². The Hall–Kier alpha value is -1.13. The third-order valence-corrected chi connectivity index (χ3v) is 3.24. The highest BCUT2D eigenvalue weighted by atomic mass is 79.9. The van der Waals surface area contributed by atoms with Crippen molar-refractivity contribution in [1.82, 2.24) is 0 Å². The van der Waals surface area contributed by atoms with Crippen molar-refractivity contribution in [2.45, 2.75) is 5.88 Å². The lowest BCUT2D eigenvalue weighted by Crippen LogP contribution is -1.93. The Morgan fingerprint density at radius 3 is 2.56 bits per heavy atom. The Morgan fingerprint density at radius 2 is 1.89 bits per heavy atom. The molecule has 1 nitrogen and oxygen atoms in total. The summed E-state index contributed by atoms with van der Waals surface area (Å²) in [5.41, 5.74) is 0.252. The van der Waals surface area contributed by atoms with Gasteiger partial charge in [-0.1, -0.05) is 6.07 Å². The fourth-order valence-corrected chi connectivity index (χ4v) is 1.94. The van der Waals surface area contributed by atoms with Crippen LogP contribution in [0.25, 0.3) is 0 Å². The zero-order chi connectivity index (χ0) is 13.1. The van der Waals surface area contributed by atoms with E-state index in [1.807, 2.05) is 0 Å². The van der Waals surface area contributed by atoms with Gasteiger partial charge in [-0.3, -0.25) is 0 Å². The first kappa shape index (κ1) is 13.3. The average molecular weight is 334 g/mol. The SMILES string of the molecule is Fc1cc(Oc2cccc(F)c2CCl)ccc1Br. The lowest BCUT2D eigenvalue weighted by molar-refractivity contribution is 0.465. The summed E-state index contributed by atoms with van der Waals surface area (Å²) in [5.74, 6) is -0.336. The molecule has 0 aliphatic carbocycles. The molecule has 0 unspecified atom stereocenters. The molecule has 0 spiro atoms. The van der Waals surface area contributed by atoms with Gasteiger partial charge in [0, 0.05) is 11.6 Å². The predicted octanol–water partition coefficient (Wildman–Crippen LogP) is 5.26. The number of ether oxygens (including phenoxy) is 1. The first-order chi connectivity index (χ1) is 8.61. The number of benzene rings is 2. The zero-order valence-corrected chi connectivity index (χ0v) is 11.4. The molecule has 2 rings (SSSR count). The van der Waals surface area contributed by atoms with Gasteiger partial charge in [0.2, 0.25) is 0 Å². The largest absolute Gasteiger partial charge is 0.457 e. The molecule has 5 heteroatoms. The fourth-order valence-electron chi connectivity index (χ4n) is 1.43. The number of halogens is 4. The molecule has 94 valence electrons. The molecular weight excluding hydrogens is 325 g/mol. The molecule has 18 heavy (non-hydrogen) atoms. The van der Waals surface area contributed by atoms with Crippen molar-refractivity contribution in [2.75, 3.05) is 0 Å². The van der Waals surface area contributed by atoms with Crippen LogP contribution in [-0.2, 0) is 5.88 Å². The highest BCUT2D eigenvalue weighted by molar-refractivity contribution is 9.10. The molecule has 0 saturated carbocycles. The maximum absolute atomic E-state index is 13.5. The zero-order valence-electron chi connectivity index (χ0n) is 9.09. The van der Waals surface area contributed by atoms with Crippen LogP contribution in [0.2, 0.25) is 0 Å². The van der Waals surface area contributed by atoms with E-state index in [4.69, 9.17) is 16.3 Å². The smallest absolute Gasteiger partial charge is 0.141 e. The minimum absolute atomic E-state index is 0.0129. The summed E-state index contributed by atoms with van der Waals surface area (Å²) in [5, 5.41) is 0. The number of alkyl halides is 1. The van der Waals surface area contributed by atoms with E-state index in [-0.39, 0.29) is 22.9 Å². The van der Waals surface area contributed by atoms with Crippen molar-refractivity contribution in [3.05, 3.63) is 58.1 Å². The lowest BCUT2D eigenvalue weighted by Gasteiger charge is -2.10. The summed E-state index contributed by atoms with van der Waals surface area (Å²) in [6.07, 6.45) is 0. The van der Waals surface area contributed by atoms with Crippen molar-refractivity contribution >= 4 is 27.5 Å². The highest BCUT2D eigenvalue weighted by Gasteiger charge is 2.10. The predicted molar refractivity (Wildman–Crippen MR) is 70.1 cm³/mol. The Bertz CT molecular complexity index is 575. The van der Waals surface area contributed by atoms with E-state index in [0.29, 0.717) is 4.47 Å². The molecule has 0 fully saturated rings. The molecular formula is C13H8BrClF2O. The molecule has 0 aliphatic rings. The number of rotatable bonds is 3. The van der Waals surface area contributed by atoms with E-state index in [1.165, 1.54) is 24.3 Å². The molecule has 0 saturated heterocycles. The maximum atomic E-state index is 13.5. The van der Waals surface area contributed by atoms with Gasteiger partial charge >= 0.3 is 0 Å². The third-order valence-electron chi connectivity index (χ3n) is 2.33. The molecule has 0 heterocycles. The highest BCUT2D eigenvalue weighted by Crippen LogP contribution is 2.30. The summed E-state index contributed by atoms with van der Waals surface area (Å²) in [7, 11) is 0. The minimum Gasteiger partial charge on any atom is -0.457 e. The third kappa shape index (κ3) is 2.82. The van der Waals surface area contributed by atoms with Crippen LogP contribution in [0.1, 0.15) is 5.56 Å². The van der Waals surface area contributed by atoms with E-state index >= 15 is 0 Å². The first-order valence-electron chi connectivity index (χ1n) is 5.08. The van der Waals surface area contributed by atoms with Gasteiger partial charge in [0.25, 0.3) is 0 Å². The first-order valence-corrected chi connectivity index (χ1v) is 6.41. The summed E-state index contributed by atoms with van der Waals surface area (Å²) in [6.45, 7) is 0. The van der Waals surface area contributed by atoms with Gasteiger partial charge in [-0.05, 0) is 40.2 Å². The molecule has 0 bridgehead atoms. The van der Waals surface area contributed by atoms with Crippen LogP contribution in [0.15, 0.2) is 40.9 Å². The fraction of sp³-hybridized carbons (Fsp3) is 0.0769. The monoisotopic (exact) mass is 332 g/mol. The number of hydrogen-bond acceptors (Lipinski definition) is 1. The van der Waals surface area contributed by atoms with Crippen molar-refractivity contribution in [2.24, 2.45) is 0 Å². The second kappa shape index (κ2) is 5.67. The van der Waals surface area contributed by atoms with Crippen LogP contribution < -0.4 is 4.74 Å². The van der Waals surface area contributed by atoms with Crippen LogP contribution >= 0.6 is 27.5 Å². The molecule has 0 aliphatic heterocycles. The summed E-state index contributed by atoms with van der Waals surface area (Å²) in [4.78, 5) is 0. The van der Waals surface area contributed by atoms with Crippen LogP contribution in [0, 0.1) is 11.6 Å². The van der Waals surface area contributed by atoms with Crippen molar-refractivity contribution in [3.63, 3.8) is 0 Å². The van der Waals surface area contributed by atoms with Crippen LogP contribution in [0.4, 0.5) is 8.78 Å². The Balaban J connectivity index is 2.34. The molecule has 0 N–H and O–H groups in total. The van der Waals surface area contributed by atoms with Gasteiger partial charge in [0.1, 0.15) is 23.1 Å². The summed E-state index contributed by atoms with van der Waals surface area (Å²) in [6, 6.07) is 8.71. The quantitative estimate of drug-likeness (QED) is 0.696. The molecule has 0 aromatic heterocycles. The molecule has 0 radical (unpaired) electrons. The van der Waals surface area contributed by atoms with Crippen LogP contribution in [0.3, 0.4) is 0 Å². The summed E-state index contributed by atoms with van der Waals surface area (Å²) >= 11 is 8.70. The van der Waals surface area contributed by atoms with E-state index < -0.39 is 11.6 Å². The van der Waals surface area contributed by atoms with Gasteiger partial charge < -0.3 is 4.74 Å². The second-order valence-corrected chi connectivity index (χ2v) is 4.65. The normalized spacial score (nSPS) is 10.4. The summed E-state index contributed by atoms with van der Waals surface area (Å²) < 4.78 is 32.5. The standard InChI is InChI=1S/C13H8BrClF2O/c14-10-5-4-8(6-12(10)17)18-13-3-1-2-11(16)9(13)7-15/h1-6H,7H2. The minimum atomic E-state index is -0.448. The van der Waals surface area contributed by atoms with Gasteiger partial charge in [-0.15, -0.1) is 11.6 Å². The van der Waals surface area contributed by atoms with E-state index in [1.54, 1.807) is 12.1 Å². The van der Waals surface area contributed by atoms with Crippen molar-refractivity contribution in [1.29, 1.82) is 0 Å². The Kier molecular flexibility index (Phi) is 4.19. The lowest BCUT2D eigenvalue weighted by atomic mass is 10.2. The van der Waals surface area contributed by atoms with E-state index in [2.05, 4.69) is 15.9 Å². The molecule has 0 amide bonds. The molecule has 2 aromatic carbocycles. The molecule has 0 atom stereocenters. The van der Waals surface area contributed by atoms with Gasteiger partial charge in [-0.25, -0.2) is 8.78 Å². The van der Waals surface area contributed by atoms with Gasteiger partial charge in [0.05, 0.1) is 10.4 Å².